The van der Waals surface area contributed by atoms with E-state index >= 15 is 0 Å². The maximum Gasteiger partial charge on any atom is 0.146 e. The number of pyridine rings is 1. The summed E-state index contributed by atoms with van der Waals surface area (Å²) in [7, 11) is 0. The molecule has 2 aromatic rings. The number of rotatable bonds is 5. The zero-order chi connectivity index (χ0) is 14.5. The Morgan fingerprint density at radius 1 is 1.35 bits per heavy atom. The zero-order valence-electron chi connectivity index (χ0n) is 11.1. The van der Waals surface area contributed by atoms with Gasteiger partial charge in [0.2, 0.25) is 0 Å². The summed E-state index contributed by atoms with van der Waals surface area (Å²) in [5.41, 5.74) is 7.01. The summed E-state index contributed by atoms with van der Waals surface area (Å²) >= 11 is 9.49. The molecule has 0 aliphatic rings. The van der Waals surface area contributed by atoms with Gasteiger partial charge in [0.25, 0.3) is 0 Å². The average molecular weight is 356 g/mol. The van der Waals surface area contributed by atoms with Gasteiger partial charge in [0.15, 0.2) is 0 Å². The van der Waals surface area contributed by atoms with Gasteiger partial charge in [-0.25, -0.2) is 0 Å². The van der Waals surface area contributed by atoms with Crippen molar-refractivity contribution in [2.75, 3.05) is 0 Å². The van der Waals surface area contributed by atoms with E-state index in [2.05, 4.69) is 27.8 Å². The molecule has 1 aromatic carbocycles. The third-order valence-electron chi connectivity index (χ3n) is 2.91. The predicted molar refractivity (Wildman–Crippen MR) is 85.4 cm³/mol. The minimum Gasteiger partial charge on any atom is -0.454 e. The highest BCUT2D eigenvalue weighted by atomic mass is 79.9. The normalized spacial score (nSPS) is 12.2. The Bertz CT molecular complexity index is 592. The Hall–Kier alpha value is -1.10. The minimum atomic E-state index is 0.142. The van der Waals surface area contributed by atoms with Gasteiger partial charge in [-0.3, -0.25) is 4.98 Å². The third-order valence-corrected chi connectivity index (χ3v) is 3.70. The summed E-state index contributed by atoms with van der Waals surface area (Å²) < 4.78 is 6.68. The first-order valence-corrected chi connectivity index (χ1v) is 7.58. The highest BCUT2D eigenvalue weighted by Crippen LogP contribution is 2.31. The minimum absolute atomic E-state index is 0.142. The largest absolute Gasteiger partial charge is 0.454 e. The number of ether oxygens (including phenoxy) is 1. The van der Waals surface area contributed by atoms with Crippen molar-refractivity contribution in [2.24, 2.45) is 5.73 Å². The number of hydrogen-bond donors (Lipinski definition) is 1. The molecule has 20 heavy (non-hydrogen) atoms. The summed E-state index contributed by atoms with van der Waals surface area (Å²) in [6.07, 6.45) is 5.20. The van der Waals surface area contributed by atoms with E-state index in [0.29, 0.717) is 16.5 Å². The van der Waals surface area contributed by atoms with Gasteiger partial charge in [0, 0.05) is 16.7 Å². The van der Waals surface area contributed by atoms with Crippen molar-refractivity contribution < 1.29 is 4.74 Å². The number of aromatic nitrogens is 1. The Kier molecular flexibility index (Phi) is 5.40. The predicted octanol–water partition coefficient (Wildman–Crippen LogP) is 4.57. The smallest absolute Gasteiger partial charge is 0.146 e. The third kappa shape index (κ3) is 4.20. The summed E-state index contributed by atoms with van der Waals surface area (Å²) in [6, 6.07) is 7.58. The van der Waals surface area contributed by atoms with Crippen LogP contribution < -0.4 is 10.5 Å². The molecule has 1 atom stereocenters. The second kappa shape index (κ2) is 7.07. The number of halogens is 2. The topological polar surface area (TPSA) is 48.1 Å². The average Bonchev–Trinajstić information content (AvgIpc) is 2.42. The first-order chi connectivity index (χ1) is 9.58. The van der Waals surface area contributed by atoms with E-state index in [1.54, 1.807) is 12.3 Å². The van der Waals surface area contributed by atoms with Gasteiger partial charge in [-0.2, -0.15) is 0 Å². The molecule has 1 unspecified atom stereocenters. The van der Waals surface area contributed by atoms with E-state index in [1.165, 1.54) is 0 Å². The quantitative estimate of drug-likeness (QED) is 0.854. The van der Waals surface area contributed by atoms with Crippen molar-refractivity contribution >= 4 is 27.5 Å². The van der Waals surface area contributed by atoms with Gasteiger partial charge in [0.05, 0.1) is 11.2 Å². The molecule has 5 heteroatoms. The molecule has 0 saturated heterocycles. The van der Waals surface area contributed by atoms with Crippen LogP contribution >= 0.6 is 27.5 Å². The van der Waals surface area contributed by atoms with E-state index in [1.807, 2.05) is 24.4 Å². The van der Waals surface area contributed by atoms with Crippen LogP contribution in [0.4, 0.5) is 0 Å². The van der Waals surface area contributed by atoms with Crippen LogP contribution in [0.25, 0.3) is 0 Å². The molecule has 1 aromatic heterocycles. The SMILES string of the molecule is CCC(N)Cc1cncc(Oc2ccc(Br)cc2Cl)c1. The molecule has 3 nitrogen and oxygen atoms in total. The lowest BCUT2D eigenvalue weighted by atomic mass is 10.1. The molecule has 0 spiro atoms. The van der Waals surface area contributed by atoms with Crippen LogP contribution in [0.5, 0.6) is 11.5 Å². The van der Waals surface area contributed by atoms with Crippen LogP contribution in [0.3, 0.4) is 0 Å². The molecule has 0 bridgehead atoms. The van der Waals surface area contributed by atoms with Gasteiger partial charge in [-0.1, -0.05) is 34.5 Å². The molecule has 2 N–H and O–H groups in total. The zero-order valence-corrected chi connectivity index (χ0v) is 13.5. The molecule has 2 rings (SSSR count). The first kappa shape index (κ1) is 15.3. The lowest BCUT2D eigenvalue weighted by Crippen LogP contribution is -2.21. The van der Waals surface area contributed by atoms with Crippen molar-refractivity contribution in [1.29, 1.82) is 0 Å². The van der Waals surface area contributed by atoms with E-state index in [0.717, 1.165) is 22.9 Å². The number of nitrogens with zero attached hydrogens (tertiary/aromatic N) is 1. The lowest BCUT2D eigenvalue weighted by Gasteiger charge is -2.11. The molecule has 0 fully saturated rings. The Labute approximate surface area is 132 Å². The molecular formula is C15H16BrClN2O. The van der Waals surface area contributed by atoms with Crippen molar-refractivity contribution in [3.8, 4) is 11.5 Å². The van der Waals surface area contributed by atoms with Crippen LogP contribution in [0.1, 0.15) is 18.9 Å². The molecule has 0 amide bonds. The lowest BCUT2D eigenvalue weighted by molar-refractivity contribution is 0.479. The van der Waals surface area contributed by atoms with Crippen LogP contribution in [0.15, 0.2) is 41.1 Å². The highest BCUT2D eigenvalue weighted by Gasteiger charge is 2.07. The summed E-state index contributed by atoms with van der Waals surface area (Å²) in [6.45, 7) is 2.07. The number of benzene rings is 1. The van der Waals surface area contributed by atoms with Crippen LogP contribution in [-0.2, 0) is 6.42 Å². The van der Waals surface area contributed by atoms with Gasteiger partial charge < -0.3 is 10.5 Å². The maximum absolute atomic E-state index is 6.13. The molecule has 1 heterocycles. The number of hydrogen-bond acceptors (Lipinski definition) is 3. The Balaban J connectivity index is 2.15. The van der Waals surface area contributed by atoms with Crippen LogP contribution in [0, 0.1) is 0 Å². The fourth-order valence-electron chi connectivity index (χ4n) is 1.76. The van der Waals surface area contributed by atoms with Crippen molar-refractivity contribution in [3.05, 3.63) is 51.7 Å². The van der Waals surface area contributed by atoms with E-state index in [-0.39, 0.29) is 6.04 Å². The molecule has 0 radical (unpaired) electrons. The van der Waals surface area contributed by atoms with Gasteiger partial charge in [-0.05, 0) is 42.7 Å². The standard InChI is InChI=1S/C15H16BrClN2O/c1-2-12(18)5-10-6-13(9-19-8-10)20-15-4-3-11(16)7-14(15)17/h3-4,6-9,12H,2,5,18H2,1H3. The van der Waals surface area contributed by atoms with E-state index in [4.69, 9.17) is 22.1 Å². The maximum atomic E-state index is 6.13. The molecule has 0 saturated carbocycles. The fourth-order valence-corrected chi connectivity index (χ4v) is 2.48. The van der Waals surface area contributed by atoms with Gasteiger partial charge >= 0.3 is 0 Å². The molecule has 106 valence electrons. The highest BCUT2D eigenvalue weighted by molar-refractivity contribution is 9.10. The summed E-state index contributed by atoms with van der Waals surface area (Å²) in [5.74, 6) is 1.27. The fraction of sp³-hybridized carbons (Fsp3) is 0.267. The van der Waals surface area contributed by atoms with Crippen LogP contribution in [0.2, 0.25) is 5.02 Å². The Morgan fingerprint density at radius 3 is 2.85 bits per heavy atom. The van der Waals surface area contributed by atoms with Gasteiger partial charge in [-0.15, -0.1) is 0 Å². The summed E-state index contributed by atoms with van der Waals surface area (Å²) in [4.78, 5) is 4.18. The summed E-state index contributed by atoms with van der Waals surface area (Å²) in [5, 5.41) is 0.551. The number of nitrogens with two attached hydrogens (primary N) is 1. The molecule has 0 aliphatic heterocycles. The first-order valence-electron chi connectivity index (χ1n) is 6.41. The molecule has 0 aliphatic carbocycles. The monoisotopic (exact) mass is 354 g/mol. The van der Waals surface area contributed by atoms with Crippen molar-refractivity contribution in [1.82, 2.24) is 4.98 Å². The second-order valence-corrected chi connectivity index (χ2v) is 5.90. The molecular weight excluding hydrogens is 340 g/mol. The Morgan fingerprint density at radius 2 is 2.15 bits per heavy atom. The van der Waals surface area contributed by atoms with E-state index in [9.17, 15) is 0 Å². The van der Waals surface area contributed by atoms with Crippen molar-refractivity contribution in [2.45, 2.75) is 25.8 Å². The van der Waals surface area contributed by atoms with Crippen molar-refractivity contribution in [3.63, 3.8) is 0 Å². The van der Waals surface area contributed by atoms with Gasteiger partial charge in [0.1, 0.15) is 11.5 Å². The van der Waals surface area contributed by atoms with E-state index < -0.39 is 0 Å². The van der Waals surface area contributed by atoms with Crippen LogP contribution in [-0.4, -0.2) is 11.0 Å². The second-order valence-electron chi connectivity index (χ2n) is 4.58.